The molecule has 0 bridgehead atoms. The van der Waals surface area contributed by atoms with Crippen molar-refractivity contribution in [2.75, 3.05) is 0 Å². The van der Waals surface area contributed by atoms with Gasteiger partial charge in [-0.25, -0.2) is 4.98 Å². The monoisotopic (exact) mass is 229 g/mol. The molecule has 0 saturated heterocycles. The van der Waals surface area contributed by atoms with E-state index in [1.165, 1.54) is 22.2 Å². The van der Waals surface area contributed by atoms with Crippen LogP contribution in [0.4, 0.5) is 0 Å². The van der Waals surface area contributed by atoms with Gasteiger partial charge in [0.25, 0.3) is 5.56 Å². The highest BCUT2D eigenvalue weighted by Crippen LogP contribution is 2.01. The van der Waals surface area contributed by atoms with Gasteiger partial charge in [0, 0.05) is 0 Å². The van der Waals surface area contributed by atoms with E-state index in [0.717, 1.165) is 5.56 Å². The average Bonchev–Trinajstić information content (AvgIpc) is 2.86. The Morgan fingerprint density at radius 2 is 2.06 bits per heavy atom. The summed E-state index contributed by atoms with van der Waals surface area (Å²) >= 11 is 1.35. The van der Waals surface area contributed by atoms with Crippen molar-refractivity contribution in [3.8, 4) is 0 Å². The fourth-order valence-corrected chi connectivity index (χ4v) is 2.36. The number of thiazole rings is 1. The molecule has 0 fully saturated rings. The second-order valence-corrected chi connectivity index (χ2v) is 4.29. The molecule has 78 valence electrons. The van der Waals surface area contributed by atoms with Gasteiger partial charge in [0.15, 0.2) is 0 Å². The first-order chi connectivity index (χ1) is 7.84. The summed E-state index contributed by atoms with van der Waals surface area (Å²) in [6.07, 6.45) is 3.24. The molecule has 2 aromatic heterocycles. The number of nitrogens with zero attached hydrogens (tertiary/aromatic N) is 3. The highest BCUT2D eigenvalue weighted by molar-refractivity contribution is 7.15. The normalized spacial score (nSPS) is 12.4. The van der Waals surface area contributed by atoms with Gasteiger partial charge in [0.05, 0.1) is 4.53 Å². The molecule has 3 rings (SSSR count). The average molecular weight is 229 g/mol. The molecule has 0 amide bonds. The smallest absolute Gasteiger partial charge is 0.266 e. The van der Waals surface area contributed by atoms with Crippen molar-refractivity contribution in [3.05, 3.63) is 57.1 Å². The minimum Gasteiger partial charge on any atom is -0.266 e. The van der Waals surface area contributed by atoms with Crippen molar-refractivity contribution in [2.45, 2.75) is 0 Å². The van der Waals surface area contributed by atoms with E-state index >= 15 is 0 Å². The Labute approximate surface area is 94.5 Å². The fraction of sp³-hybridized carbons (Fsp3) is 0. The van der Waals surface area contributed by atoms with Crippen LogP contribution in [-0.2, 0) is 0 Å². The van der Waals surface area contributed by atoms with E-state index in [-0.39, 0.29) is 5.56 Å². The van der Waals surface area contributed by atoms with E-state index in [9.17, 15) is 4.79 Å². The first-order valence-corrected chi connectivity index (χ1v) is 5.55. The van der Waals surface area contributed by atoms with Gasteiger partial charge in [-0.15, -0.1) is 0 Å². The minimum absolute atomic E-state index is 0.110. The number of fused-ring (bicyclic) bond motifs is 1. The Kier molecular flexibility index (Phi) is 2.04. The molecule has 1 aromatic carbocycles. The van der Waals surface area contributed by atoms with Gasteiger partial charge < -0.3 is 0 Å². The second-order valence-electron chi connectivity index (χ2n) is 3.28. The summed E-state index contributed by atoms with van der Waals surface area (Å²) in [5.74, 6) is 0. The van der Waals surface area contributed by atoms with E-state index < -0.39 is 0 Å². The van der Waals surface area contributed by atoms with E-state index in [2.05, 4.69) is 10.1 Å². The summed E-state index contributed by atoms with van der Waals surface area (Å²) in [5.41, 5.74) is 0.894. The molecule has 0 saturated carbocycles. The predicted molar refractivity (Wildman–Crippen MR) is 62.4 cm³/mol. The maximum Gasteiger partial charge on any atom is 0.291 e. The van der Waals surface area contributed by atoms with Gasteiger partial charge in [0.1, 0.15) is 6.33 Å². The van der Waals surface area contributed by atoms with Gasteiger partial charge >= 0.3 is 0 Å². The van der Waals surface area contributed by atoms with Gasteiger partial charge in [-0.1, -0.05) is 41.7 Å². The Morgan fingerprint density at radius 3 is 2.81 bits per heavy atom. The van der Waals surface area contributed by atoms with Crippen LogP contribution < -0.4 is 10.1 Å². The lowest BCUT2D eigenvalue weighted by atomic mass is 10.2. The van der Waals surface area contributed by atoms with Crippen LogP contribution in [0.25, 0.3) is 11.0 Å². The summed E-state index contributed by atoms with van der Waals surface area (Å²) in [6.45, 7) is 0. The van der Waals surface area contributed by atoms with Crippen LogP contribution in [-0.4, -0.2) is 14.6 Å². The molecule has 3 aromatic rings. The highest BCUT2D eigenvalue weighted by atomic mass is 32.1. The van der Waals surface area contributed by atoms with E-state index in [4.69, 9.17) is 0 Å². The third-order valence-corrected chi connectivity index (χ3v) is 3.19. The van der Waals surface area contributed by atoms with Crippen molar-refractivity contribution in [1.29, 1.82) is 0 Å². The van der Waals surface area contributed by atoms with Crippen LogP contribution in [0.2, 0.25) is 0 Å². The van der Waals surface area contributed by atoms with Crippen LogP contribution in [0.1, 0.15) is 5.56 Å². The number of hydrogen-bond acceptors (Lipinski definition) is 4. The molecule has 16 heavy (non-hydrogen) atoms. The minimum atomic E-state index is -0.110. The fourth-order valence-electron chi connectivity index (χ4n) is 1.48. The number of rotatable bonds is 1. The summed E-state index contributed by atoms with van der Waals surface area (Å²) in [5, 5.41) is 3.86. The second kappa shape index (κ2) is 3.53. The van der Waals surface area contributed by atoms with Crippen LogP contribution in [0.3, 0.4) is 0 Å². The lowest BCUT2D eigenvalue weighted by Crippen LogP contribution is -2.23. The number of benzene rings is 1. The van der Waals surface area contributed by atoms with Crippen molar-refractivity contribution >= 4 is 22.4 Å². The topological polar surface area (TPSA) is 47.3 Å². The van der Waals surface area contributed by atoms with Crippen LogP contribution in [0.5, 0.6) is 0 Å². The number of hydrogen-bond donors (Lipinski definition) is 0. The maximum atomic E-state index is 11.8. The Morgan fingerprint density at radius 1 is 1.25 bits per heavy atom. The molecule has 5 heteroatoms. The van der Waals surface area contributed by atoms with E-state index in [0.29, 0.717) is 9.49 Å². The van der Waals surface area contributed by atoms with Gasteiger partial charge in [-0.3, -0.25) is 4.79 Å². The molecule has 0 spiro atoms. The van der Waals surface area contributed by atoms with Crippen LogP contribution >= 0.6 is 11.3 Å². The van der Waals surface area contributed by atoms with Gasteiger partial charge in [-0.2, -0.15) is 9.61 Å². The zero-order chi connectivity index (χ0) is 11.0. The van der Waals surface area contributed by atoms with Crippen LogP contribution in [0.15, 0.2) is 41.5 Å². The van der Waals surface area contributed by atoms with Crippen molar-refractivity contribution in [2.24, 2.45) is 0 Å². The number of aromatic nitrogens is 3. The molecule has 0 radical (unpaired) electrons. The first kappa shape index (κ1) is 9.23. The highest BCUT2D eigenvalue weighted by Gasteiger charge is 2.04. The van der Waals surface area contributed by atoms with Crippen molar-refractivity contribution in [1.82, 2.24) is 14.6 Å². The Balaban J connectivity index is 2.27. The summed E-state index contributed by atoms with van der Waals surface area (Å²) in [4.78, 5) is 16.5. The third kappa shape index (κ3) is 1.42. The standard InChI is InChI=1S/C11H7N3OS/c15-10-9(6-8-4-2-1-3-5-8)16-11-12-7-13-14(10)11/h1-7H/b9-6-. The van der Waals surface area contributed by atoms with Crippen molar-refractivity contribution < 1.29 is 0 Å². The van der Waals surface area contributed by atoms with Gasteiger partial charge in [-0.05, 0) is 11.6 Å². The third-order valence-electron chi connectivity index (χ3n) is 2.22. The zero-order valence-electron chi connectivity index (χ0n) is 8.20. The molecule has 0 aliphatic carbocycles. The molecular formula is C11H7N3OS. The largest absolute Gasteiger partial charge is 0.291 e. The lowest BCUT2D eigenvalue weighted by molar-refractivity contribution is 0.932. The molecule has 0 aliphatic rings. The molecule has 2 heterocycles. The van der Waals surface area contributed by atoms with E-state index in [1.54, 1.807) is 0 Å². The molecular weight excluding hydrogens is 222 g/mol. The van der Waals surface area contributed by atoms with E-state index in [1.807, 2.05) is 36.4 Å². The molecule has 0 N–H and O–H groups in total. The Hall–Kier alpha value is -2.01. The first-order valence-electron chi connectivity index (χ1n) is 4.74. The lowest BCUT2D eigenvalue weighted by Gasteiger charge is -1.87. The Bertz CT molecular complexity index is 730. The molecule has 4 nitrogen and oxygen atoms in total. The van der Waals surface area contributed by atoms with Crippen molar-refractivity contribution in [3.63, 3.8) is 0 Å². The van der Waals surface area contributed by atoms with Crippen LogP contribution in [0, 0.1) is 0 Å². The summed E-state index contributed by atoms with van der Waals surface area (Å²) in [6, 6.07) is 9.73. The maximum absolute atomic E-state index is 11.8. The van der Waals surface area contributed by atoms with Gasteiger partial charge in [0.2, 0.25) is 4.96 Å². The molecule has 0 aliphatic heterocycles. The summed E-state index contributed by atoms with van der Waals surface area (Å²) < 4.78 is 1.97. The molecule has 0 unspecified atom stereocenters. The zero-order valence-corrected chi connectivity index (χ0v) is 9.02. The predicted octanol–water partition coefficient (Wildman–Crippen LogP) is 0.699. The summed E-state index contributed by atoms with van der Waals surface area (Å²) in [7, 11) is 0. The quantitative estimate of drug-likeness (QED) is 0.617. The molecule has 0 atom stereocenters. The SMILES string of the molecule is O=c1/c(=C/c2ccccc2)sc2ncnn12.